The third-order valence-corrected chi connectivity index (χ3v) is 6.76. The summed E-state index contributed by atoms with van der Waals surface area (Å²) in [5.41, 5.74) is -0.700. The summed E-state index contributed by atoms with van der Waals surface area (Å²) in [6, 6.07) is 7.78. The second kappa shape index (κ2) is 8.78. The number of nitrogens with one attached hydrogen (secondary N) is 1. The number of hydrogen-bond acceptors (Lipinski definition) is 6. The Kier molecular flexibility index (Phi) is 6.32. The van der Waals surface area contributed by atoms with Crippen LogP contribution in [0.3, 0.4) is 0 Å². The van der Waals surface area contributed by atoms with E-state index in [1.165, 1.54) is 35.5 Å². The van der Waals surface area contributed by atoms with Crippen LogP contribution in [0, 0.1) is 15.9 Å². The average molecular weight is 450 g/mol. The number of nitro groups is 1. The van der Waals surface area contributed by atoms with Crippen LogP contribution in [0.1, 0.15) is 17.3 Å². The summed E-state index contributed by atoms with van der Waals surface area (Å²) < 4.78 is 40.7. The topological polar surface area (TPSA) is 130 Å². The highest BCUT2D eigenvalue weighted by Crippen LogP contribution is 2.23. The van der Waals surface area contributed by atoms with E-state index in [0.29, 0.717) is 13.1 Å². The van der Waals surface area contributed by atoms with Crippen LogP contribution in [0.25, 0.3) is 0 Å². The molecule has 2 amide bonds. The molecule has 2 aromatic carbocycles. The average Bonchev–Trinajstić information content (AvgIpc) is 2.75. The summed E-state index contributed by atoms with van der Waals surface area (Å²) >= 11 is 0. The SMILES string of the molecule is CC(=O)N1CCN(S(=O)(=O)c2ccc(C(=O)Nc3cc([N+](=O)[O-])ccc3F)cc2)CC1. The first-order chi connectivity index (χ1) is 14.6. The number of sulfonamides is 1. The lowest BCUT2D eigenvalue weighted by atomic mass is 10.2. The third kappa shape index (κ3) is 4.86. The second-order valence-electron chi connectivity index (χ2n) is 6.81. The summed E-state index contributed by atoms with van der Waals surface area (Å²) in [6.45, 7) is 2.34. The number of hydrogen-bond donors (Lipinski definition) is 1. The predicted molar refractivity (Wildman–Crippen MR) is 108 cm³/mol. The van der Waals surface area contributed by atoms with E-state index in [9.17, 15) is 32.5 Å². The maximum atomic E-state index is 13.9. The zero-order chi connectivity index (χ0) is 22.8. The molecular formula is C19H19FN4O6S. The Bertz CT molecular complexity index is 1130. The summed E-state index contributed by atoms with van der Waals surface area (Å²) in [5.74, 6) is -1.71. The molecule has 0 radical (unpaired) electrons. The van der Waals surface area contributed by atoms with Crippen LogP contribution in [0.15, 0.2) is 47.4 Å². The van der Waals surface area contributed by atoms with E-state index in [-0.39, 0.29) is 40.8 Å². The van der Waals surface area contributed by atoms with Gasteiger partial charge in [-0.15, -0.1) is 0 Å². The highest BCUT2D eigenvalue weighted by molar-refractivity contribution is 7.89. The highest BCUT2D eigenvalue weighted by atomic mass is 32.2. The van der Waals surface area contributed by atoms with E-state index in [1.54, 1.807) is 4.90 Å². The van der Waals surface area contributed by atoms with E-state index in [1.807, 2.05) is 0 Å². The van der Waals surface area contributed by atoms with Crippen molar-refractivity contribution in [2.75, 3.05) is 31.5 Å². The fourth-order valence-electron chi connectivity index (χ4n) is 3.09. The van der Waals surface area contributed by atoms with Gasteiger partial charge in [-0.2, -0.15) is 4.31 Å². The van der Waals surface area contributed by atoms with Crippen molar-refractivity contribution in [3.8, 4) is 0 Å². The Hall–Kier alpha value is -3.38. The van der Waals surface area contributed by atoms with Crippen molar-refractivity contribution >= 4 is 33.2 Å². The fraction of sp³-hybridized carbons (Fsp3) is 0.263. The molecule has 1 saturated heterocycles. The number of piperazine rings is 1. The van der Waals surface area contributed by atoms with Gasteiger partial charge in [0.2, 0.25) is 15.9 Å². The minimum atomic E-state index is -3.81. The van der Waals surface area contributed by atoms with Gasteiger partial charge in [0.05, 0.1) is 15.5 Å². The summed E-state index contributed by atoms with van der Waals surface area (Å²) in [7, 11) is -3.81. The van der Waals surface area contributed by atoms with Crippen LogP contribution in [0.4, 0.5) is 15.8 Å². The summed E-state index contributed by atoms with van der Waals surface area (Å²) in [4.78, 5) is 35.4. The van der Waals surface area contributed by atoms with Crippen LogP contribution in [0.5, 0.6) is 0 Å². The zero-order valence-corrected chi connectivity index (χ0v) is 17.3. The lowest BCUT2D eigenvalue weighted by Crippen LogP contribution is -2.49. The Balaban J connectivity index is 1.73. The first-order valence-electron chi connectivity index (χ1n) is 9.20. The van der Waals surface area contributed by atoms with Crippen molar-refractivity contribution in [2.24, 2.45) is 0 Å². The standard InChI is InChI=1S/C19H19FN4O6S/c1-13(25)22-8-10-23(11-9-22)31(29,30)16-5-2-14(3-6-16)19(26)21-18-12-15(24(27)28)4-7-17(18)20/h2-7,12H,8-11H2,1H3,(H,21,26). The van der Waals surface area contributed by atoms with Crippen molar-refractivity contribution in [2.45, 2.75) is 11.8 Å². The largest absolute Gasteiger partial charge is 0.340 e. The summed E-state index contributed by atoms with van der Waals surface area (Å²) in [6.07, 6.45) is 0. The molecule has 0 saturated carbocycles. The Labute approximate surface area is 177 Å². The minimum absolute atomic E-state index is 0.0261. The maximum Gasteiger partial charge on any atom is 0.271 e. The first kappa shape index (κ1) is 22.3. The number of carbonyl (C=O) groups is 2. The number of nitrogens with zero attached hydrogens (tertiary/aromatic N) is 3. The number of anilines is 1. The van der Waals surface area contributed by atoms with Crippen molar-refractivity contribution in [1.29, 1.82) is 0 Å². The van der Waals surface area contributed by atoms with Gasteiger partial charge in [0.1, 0.15) is 5.82 Å². The monoisotopic (exact) mass is 450 g/mol. The molecule has 2 aromatic rings. The molecule has 31 heavy (non-hydrogen) atoms. The number of non-ortho nitro benzene ring substituents is 1. The van der Waals surface area contributed by atoms with Gasteiger partial charge in [0.25, 0.3) is 11.6 Å². The maximum absolute atomic E-state index is 13.9. The number of nitro benzene ring substituents is 1. The minimum Gasteiger partial charge on any atom is -0.340 e. The molecule has 0 bridgehead atoms. The van der Waals surface area contributed by atoms with E-state index in [2.05, 4.69) is 5.32 Å². The number of halogens is 1. The van der Waals surface area contributed by atoms with Crippen LogP contribution in [-0.2, 0) is 14.8 Å². The molecular weight excluding hydrogens is 431 g/mol. The molecule has 1 fully saturated rings. The normalized spacial score (nSPS) is 14.8. The Morgan fingerprint density at radius 2 is 1.68 bits per heavy atom. The first-order valence-corrected chi connectivity index (χ1v) is 10.6. The smallest absolute Gasteiger partial charge is 0.271 e. The van der Waals surface area contributed by atoms with Gasteiger partial charge in [-0.05, 0) is 30.3 Å². The molecule has 3 rings (SSSR count). The third-order valence-electron chi connectivity index (χ3n) is 4.85. The fourth-order valence-corrected chi connectivity index (χ4v) is 4.51. The van der Waals surface area contributed by atoms with Crippen molar-refractivity contribution in [1.82, 2.24) is 9.21 Å². The molecule has 164 valence electrons. The molecule has 0 aromatic heterocycles. The van der Waals surface area contributed by atoms with Crippen molar-refractivity contribution in [3.05, 3.63) is 64.0 Å². The number of carbonyl (C=O) groups excluding carboxylic acids is 2. The number of rotatable bonds is 5. The molecule has 0 aliphatic carbocycles. The van der Waals surface area contributed by atoms with Crippen LogP contribution >= 0.6 is 0 Å². The van der Waals surface area contributed by atoms with Gasteiger partial charge in [0.15, 0.2) is 0 Å². The van der Waals surface area contributed by atoms with E-state index < -0.39 is 26.7 Å². The zero-order valence-electron chi connectivity index (χ0n) is 16.4. The molecule has 10 nitrogen and oxygen atoms in total. The molecule has 0 unspecified atom stereocenters. The van der Waals surface area contributed by atoms with Crippen LogP contribution in [0.2, 0.25) is 0 Å². The number of benzene rings is 2. The summed E-state index contributed by atoms with van der Waals surface area (Å²) in [5, 5.41) is 13.1. The van der Waals surface area contributed by atoms with Gasteiger partial charge in [-0.1, -0.05) is 0 Å². The lowest BCUT2D eigenvalue weighted by molar-refractivity contribution is -0.384. The highest BCUT2D eigenvalue weighted by Gasteiger charge is 2.29. The van der Waals surface area contributed by atoms with Gasteiger partial charge in [0, 0.05) is 50.8 Å². The molecule has 1 aliphatic heterocycles. The molecule has 1 N–H and O–H groups in total. The second-order valence-corrected chi connectivity index (χ2v) is 8.75. The molecule has 12 heteroatoms. The number of amides is 2. The molecule has 0 atom stereocenters. The van der Waals surface area contributed by atoms with Crippen molar-refractivity contribution < 1.29 is 27.3 Å². The molecule has 1 heterocycles. The van der Waals surface area contributed by atoms with E-state index in [4.69, 9.17) is 0 Å². The van der Waals surface area contributed by atoms with Gasteiger partial charge in [-0.3, -0.25) is 19.7 Å². The van der Waals surface area contributed by atoms with Gasteiger partial charge >= 0.3 is 0 Å². The van der Waals surface area contributed by atoms with E-state index in [0.717, 1.165) is 18.2 Å². The molecule has 1 aliphatic rings. The quantitative estimate of drug-likeness (QED) is 0.546. The van der Waals surface area contributed by atoms with Crippen molar-refractivity contribution in [3.63, 3.8) is 0 Å². The van der Waals surface area contributed by atoms with Crippen LogP contribution in [-0.4, -0.2) is 60.5 Å². The van der Waals surface area contributed by atoms with E-state index >= 15 is 0 Å². The predicted octanol–water partition coefficient (Wildman–Crippen LogP) is 1.84. The molecule has 0 spiro atoms. The van der Waals surface area contributed by atoms with Gasteiger partial charge in [-0.25, -0.2) is 12.8 Å². The lowest BCUT2D eigenvalue weighted by Gasteiger charge is -2.33. The Morgan fingerprint density at radius 3 is 2.23 bits per heavy atom. The Morgan fingerprint density at radius 1 is 1.06 bits per heavy atom. The van der Waals surface area contributed by atoms with Gasteiger partial charge < -0.3 is 10.2 Å². The van der Waals surface area contributed by atoms with Crippen LogP contribution < -0.4 is 5.32 Å².